The van der Waals surface area contributed by atoms with Crippen LogP contribution in [0.15, 0.2) is 22.7 Å². The molecule has 2 nitrogen and oxygen atoms in total. The molecule has 0 radical (unpaired) electrons. The molecule has 1 aromatic carbocycles. The average Bonchev–Trinajstić information content (AvgIpc) is 3.10. The Labute approximate surface area is 136 Å². The molecule has 0 heterocycles. The van der Waals surface area contributed by atoms with Crippen molar-refractivity contribution in [1.29, 1.82) is 0 Å². The van der Waals surface area contributed by atoms with Crippen LogP contribution in [0, 0.1) is 17.3 Å². The number of ether oxygens (including phenoxy) is 1. The Bertz CT molecular complexity index is 492. The first-order chi connectivity index (χ1) is 10.2. The van der Waals surface area contributed by atoms with E-state index in [1.807, 2.05) is 6.07 Å². The number of fused-ring (bicyclic) bond motifs is 1. The molecule has 0 aliphatic heterocycles. The van der Waals surface area contributed by atoms with Crippen LogP contribution in [0.3, 0.4) is 0 Å². The Morgan fingerprint density at radius 1 is 1.33 bits per heavy atom. The molecule has 2 unspecified atom stereocenters. The summed E-state index contributed by atoms with van der Waals surface area (Å²) in [5, 5.41) is 3.68. The van der Waals surface area contributed by atoms with Crippen molar-refractivity contribution in [3.8, 4) is 5.75 Å². The van der Waals surface area contributed by atoms with E-state index in [4.69, 9.17) is 4.74 Å². The summed E-state index contributed by atoms with van der Waals surface area (Å²) in [6.45, 7) is 4.54. The summed E-state index contributed by atoms with van der Waals surface area (Å²) in [6, 6.07) is 6.36. The molecule has 2 aliphatic rings. The highest BCUT2D eigenvalue weighted by atomic mass is 79.9. The van der Waals surface area contributed by atoms with Gasteiger partial charge >= 0.3 is 0 Å². The normalized spacial score (nSPS) is 30.2. The van der Waals surface area contributed by atoms with E-state index >= 15 is 0 Å². The Morgan fingerprint density at radius 2 is 2.10 bits per heavy atom. The maximum atomic E-state index is 5.40. The van der Waals surface area contributed by atoms with Crippen LogP contribution in [0.2, 0.25) is 0 Å². The van der Waals surface area contributed by atoms with Gasteiger partial charge in [-0.15, -0.1) is 0 Å². The van der Waals surface area contributed by atoms with Gasteiger partial charge in [0.15, 0.2) is 0 Å². The number of rotatable bonds is 7. The second kappa shape index (κ2) is 6.29. The number of hydrogen-bond acceptors (Lipinski definition) is 2. The van der Waals surface area contributed by atoms with Crippen LogP contribution >= 0.6 is 15.9 Å². The SMILES string of the molecule is CCCNCC1(Cc2cc(OC)ccc2Br)CC2CC2C1. The molecule has 1 N–H and O–H groups in total. The molecule has 2 aliphatic carbocycles. The maximum absolute atomic E-state index is 5.40. The van der Waals surface area contributed by atoms with E-state index in [0.717, 1.165) is 37.1 Å². The summed E-state index contributed by atoms with van der Waals surface area (Å²) >= 11 is 3.72. The van der Waals surface area contributed by atoms with Gasteiger partial charge in [-0.2, -0.15) is 0 Å². The lowest BCUT2D eigenvalue weighted by atomic mass is 9.77. The van der Waals surface area contributed by atoms with E-state index in [2.05, 4.69) is 40.3 Å². The Hall–Kier alpha value is -0.540. The lowest BCUT2D eigenvalue weighted by molar-refractivity contribution is 0.248. The third kappa shape index (κ3) is 3.45. The smallest absolute Gasteiger partial charge is 0.119 e. The summed E-state index contributed by atoms with van der Waals surface area (Å²) in [5.41, 5.74) is 1.85. The van der Waals surface area contributed by atoms with Crippen LogP contribution in [0.4, 0.5) is 0 Å². The fourth-order valence-corrected chi connectivity index (χ4v) is 4.49. The average molecular weight is 352 g/mol. The molecule has 3 rings (SSSR count). The second-order valence-corrected chi connectivity index (χ2v) is 7.83. The molecule has 0 aromatic heterocycles. The molecule has 1 aromatic rings. The van der Waals surface area contributed by atoms with Crippen LogP contribution in [0.25, 0.3) is 0 Å². The molecule has 0 amide bonds. The van der Waals surface area contributed by atoms with Crippen molar-refractivity contribution in [2.75, 3.05) is 20.2 Å². The van der Waals surface area contributed by atoms with E-state index in [1.54, 1.807) is 7.11 Å². The highest BCUT2D eigenvalue weighted by Gasteiger charge is 2.53. The van der Waals surface area contributed by atoms with E-state index in [0.29, 0.717) is 5.41 Å². The fraction of sp³-hybridized carbons (Fsp3) is 0.667. The standard InChI is InChI=1S/C18H26BrNO/c1-3-6-20-12-18(9-13-7-14(13)10-18)11-15-8-16(21-2)4-5-17(15)19/h4-5,8,13-14,20H,3,6-7,9-12H2,1-2H3. The number of hydrogen-bond donors (Lipinski definition) is 1. The molecule has 2 fully saturated rings. The first-order valence-electron chi connectivity index (χ1n) is 8.19. The van der Waals surface area contributed by atoms with Gasteiger partial charge in [-0.3, -0.25) is 0 Å². The first kappa shape index (κ1) is 15.4. The number of methoxy groups -OCH3 is 1. The number of nitrogens with one attached hydrogen (secondary N) is 1. The van der Waals surface area contributed by atoms with Gasteiger partial charge < -0.3 is 10.1 Å². The van der Waals surface area contributed by atoms with Crippen molar-refractivity contribution in [1.82, 2.24) is 5.32 Å². The van der Waals surface area contributed by atoms with Gasteiger partial charge in [0.25, 0.3) is 0 Å². The van der Waals surface area contributed by atoms with Gasteiger partial charge in [-0.25, -0.2) is 0 Å². The number of halogens is 1. The molecule has 3 heteroatoms. The minimum atomic E-state index is 0.456. The predicted octanol–water partition coefficient (Wildman–Crippen LogP) is 4.42. The second-order valence-electron chi connectivity index (χ2n) is 6.98. The third-order valence-electron chi connectivity index (χ3n) is 5.20. The van der Waals surface area contributed by atoms with Crippen LogP contribution in [0.5, 0.6) is 5.75 Å². The van der Waals surface area contributed by atoms with Crippen LogP contribution in [-0.2, 0) is 6.42 Å². The van der Waals surface area contributed by atoms with Crippen molar-refractivity contribution < 1.29 is 4.74 Å². The molecular weight excluding hydrogens is 326 g/mol. The highest BCUT2D eigenvalue weighted by Crippen LogP contribution is 2.60. The molecule has 2 atom stereocenters. The minimum Gasteiger partial charge on any atom is -0.497 e. The van der Waals surface area contributed by atoms with Gasteiger partial charge in [-0.1, -0.05) is 22.9 Å². The summed E-state index contributed by atoms with van der Waals surface area (Å²) in [4.78, 5) is 0. The molecule has 2 saturated carbocycles. The zero-order chi connectivity index (χ0) is 14.9. The van der Waals surface area contributed by atoms with Gasteiger partial charge in [0.2, 0.25) is 0 Å². The van der Waals surface area contributed by atoms with Gasteiger partial charge in [0, 0.05) is 11.0 Å². The molecule has 0 saturated heterocycles. The van der Waals surface area contributed by atoms with Gasteiger partial charge in [0.05, 0.1) is 7.11 Å². The monoisotopic (exact) mass is 351 g/mol. The van der Waals surface area contributed by atoms with E-state index < -0.39 is 0 Å². The van der Waals surface area contributed by atoms with E-state index in [9.17, 15) is 0 Å². The molecular formula is C18H26BrNO. The van der Waals surface area contributed by atoms with E-state index in [-0.39, 0.29) is 0 Å². The van der Waals surface area contributed by atoms with Crippen molar-refractivity contribution in [3.63, 3.8) is 0 Å². The lowest BCUT2D eigenvalue weighted by Gasteiger charge is -2.32. The lowest BCUT2D eigenvalue weighted by Crippen LogP contribution is -2.35. The zero-order valence-electron chi connectivity index (χ0n) is 13.1. The van der Waals surface area contributed by atoms with Crippen LogP contribution in [-0.4, -0.2) is 20.2 Å². The van der Waals surface area contributed by atoms with Gasteiger partial charge in [0.1, 0.15) is 5.75 Å². The first-order valence-corrected chi connectivity index (χ1v) is 8.98. The summed E-state index contributed by atoms with van der Waals surface area (Å²) in [5.74, 6) is 2.99. The van der Waals surface area contributed by atoms with Crippen molar-refractivity contribution in [2.45, 2.75) is 39.0 Å². The summed E-state index contributed by atoms with van der Waals surface area (Å²) < 4.78 is 6.62. The molecule has 0 bridgehead atoms. The Morgan fingerprint density at radius 3 is 2.76 bits per heavy atom. The predicted molar refractivity (Wildman–Crippen MR) is 90.8 cm³/mol. The quantitative estimate of drug-likeness (QED) is 0.734. The third-order valence-corrected chi connectivity index (χ3v) is 5.98. The summed E-state index contributed by atoms with van der Waals surface area (Å²) in [6.07, 6.45) is 6.66. The summed E-state index contributed by atoms with van der Waals surface area (Å²) in [7, 11) is 1.75. The molecule has 116 valence electrons. The number of benzene rings is 1. The van der Waals surface area contributed by atoms with Crippen molar-refractivity contribution >= 4 is 15.9 Å². The topological polar surface area (TPSA) is 21.3 Å². The van der Waals surface area contributed by atoms with E-state index in [1.165, 1.54) is 35.7 Å². The van der Waals surface area contributed by atoms with Crippen LogP contribution < -0.4 is 10.1 Å². The Kier molecular flexibility index (Phi) is 4.60. The van der Waals surface area contributed by atoms with Crippen LogP contribution in [0.1, 0.15) is 38.2 Å². The fourth-order valence-electron chi connectivity index (χ4n) is 4.11. The van der Waals surface area contributed by atoms with Crippen molar-refractivity contribution in [3.05, 3.63) is 28.2 Å². The van der Waals surface area contributed by atoms with Gasteiger partial charge in [-0.05, 0) is 79.7 Å². The molecule has 21 heavy (non-hydrogen) atoms. The zero-order valence-corrected chi connectivity index (χ0v) is 14.7. The maximum Gasteiger partial charge on any atom is 0.119 e. The largest absolute Gasteiger partial charge is 0.497 e. The van der Waals surface area contributed by atoms with Crippen molar-refractivity contribution in [2.24, 2.45) is 17.3 Å². The minimum absolute atomic E-state index is 0.456. The highest BCUT2D eigenvalue weighted by molar-refractivity contribution is 9.10. The molecule has 0 spiro atoms. The Balaban J connectivity index is 1.75.